The molecule has 1 saturated heterocycles. The van der Waals surface area contributed by atoms with Crippen LogP contribution in [-0.4, -0.2) is 19.8 Å². The van der Waals surface area contributed by atoms with Crippen LogP contribution in [0.25, 0.3) is 0 Å². The van der Waals surface area contributed by atoms with Crippen molar-refractivity contribution in [2.45, 2.75) is 25.6 Å². The van der Waals surface area contributed by atoms with Crippen LogP contribution in [-0.2, 0) is 10.9 Å². The molecule has 1 aliphatic heterocycles. The van der Waals surface area contributed by atoms with Gasteiger partial charge in [0, 0.05) is 19.2 Å². The molecule has 0 amide bonds. The predicted octanol–water partition coefficient (Wildman–Crippen LogP) is 3.39. The first-order valence-corrected chi connectivity index (χ1v) is 6.45. The lowest BCUT2D eigenvalue weighted by molar-refractivity contribution is -0.137. The van der Waals surface area contributed by atoms with Gasteiger partial charge in [-0.3, -0.25) is 0 Å². The predicted molar refractivity (Wildman–Crippen MR) is 66.8 cm³/mol. The highest BCUT2D eigenvalue weighted by Gasteiger charge is 2.30. The van der Waals surface area contributed by atoms with Crippen molar-refractivity contribution in [3.63, 3.8) is 0 Å². The van der Waals surface area contributed by atoms with Gasteiger partial charge in [0.1, 0.15) is 0 Å². The van der Waals surface area contributed by atoms with Crippen molar-refractivity contribution in [2.75, 3.05) is 19.8 Å². The van der Waals surface area contributed by atoms with Crippen molar-refractivity contribution in [3.05, 3.63) is 35.4 Å². The largest absolute Gasteiger partial charge is 0.416 e. The normalized spacial score (nSPS) is 21.6. The monoisotopic (exact) mass is 273 g/mol. The molecule has 1 aromatic carbocycles. The Morgan fingerprint density at radius 1 is 1.32 bits per heavy atom. The molecule has 106 valence electrons. The first-order valence-electron chi connectivity index (χ1n) is 6.45. The number of hydrogen-bond donors (Lipinski definition) is 1. The van der Waals surface area contributed by atoms with Gasteiger partial charge in [0.2, 0.25) is 0 Å². The van der Waals surface area contributed by atoms with E-state index in [0.717, 1.165) is 43.9 Å². The number of ether oxygens (including phenoxy) is 1. The molecule has 1 heterocycles. The standard InChI is InChI=1S/C14H18F3NO/c1-10(18-8-11-6-7-19-9-11)12-2-4-13(5-3-12)14(15,16)17/h2-5,10-11,18H,6-9H2,1H3. The van der Waals surface area contributed by atoms with Gasteiger partial charge in [-0.15, -0.1) is 0 Å². The molecule has 2 atom stereocenters. The molecular formula is C14H18F3NO. The zero-order valence-corrected chi connectivity index (χ0v) is 10.8. The summed E-state index contributed by atoms with van der Waals surface area (Å²) in [4.78, 5) is 0. The zero-order chi connectivity index (χ0) is 13.9. The van der Waals surface area contributed by atoms with E-state index in [4.69, 9.17) is 4.74 Å². The fraction of sp³-hybridized carbons (Fsp3) is 0.571. The summed E-state index contributed by atoms with van der Waals surface area (Å²) < 4.78 is 42.6. The van der Waals surface area contributed by atoms with Gasteiger partial charge in [-0.2, -0.15) is 13.2 Å². The Bertz CT molecular complexity index is 396. The minimum absolute atomic E-state index is 0.0443. The van der Waals surface area contributed by atoms with E-state index >= 15 is 0 Å². The first-order chi connectivity index (χ1) is 8.97. The summed E-state index contributed by atoms with van der Waals surface area (Å²) in [6.07, 6.45) is -3.22. The average Bonchev–Trinajstić information content (AvgIpc) is 2.88. The molecule has 2 rings (SSSR count). The lowest BCUT2D eigenvalue weighted by Crippen LogP contribution is -2.26. The Kier molecular flexibility index (Phi) is 4.47. The van der Waals surface area contributed by atoms with Crippen LogP contribution in [0.4, 0.5) is 13.2 Å². The Labute approximate surface area is 111 Å². The van der Waals surface area contributed by atoms with E-state index in [0.29, 0.717) is 5.92 Å². The zero-order valence-electron chi connectivity index (χ0n) is 10.8. The van der Waals surface area contributed by atoms with Crippen molar-refractivity contribution in [1.82, 2.24) is 5.32 Å². The van der Waals surface area contributed by atoms with Crippen LogP contribution in [0.5, 0.6) is 0 Å². The number of halogens is 3. The van der Waals surface area contributed by atoms with Crippen LogP contribution in [0, 0.1) is 5.92 Å². The van der Waals surface area contributed by atoms with E-state index in [1.165, 1.54) is 12.1 Å². The smallest absolute Gasteiger partial charge is 0.381 e. The number of alkyl halides is 3. The average molecular weight is 273 g/mol. The summed E-state index contributed by atoms with van der Waals surface area (Å²) >= 11 is 0. The van der Waals surface area contributed by atoms with E-state index in [2.05, 4.69) is 5.32 Å². The molecule has 1 aromatic rings. The molecular weight excluding hydrogens is 255 g/mol. The Morgan fingerprint density at radius 2 is 2.00 bits per heavy atom. The van der Waals surface area contributed by atoms with Gasteiger partial charge in [-0.25, -0.2) is 0 Å². The summed E-state index contributed by atoms with van der Waals surface area (Å²) in [6, 6.07) is 5.37. The molecule has 2 unspecified atom stereocenters. The van der Waals surface area contributed by atoms with Crippen molar-refractivity contribution in [3.8, 4) is 0 Å². The molecule has 0 aromatic heterocycles. The first kappa shape index (κ1) is 14.3. The molecule has 0 saturated carbocycles. The van der Waals surface area contributed by atoms with Crippen molar-refractivity contribution >= 4 is 0 Å². The van der Waals surface area contributed by atoms with Crippen molar-refractivity contribution in [1.29, 1.82) is 0 Å². The van der Waals surface area contributed by atoms with E-state index in [1.807, 2.05) is 6.92 Å². The Hall–Kier alpha value is -1.07. The summed E-state index contributed by atoms with van der Waals surface area (Å²) in [6.45, 7) is 4.37. The van der Waals surface area contributed by atoms with Crippen LogP contribution in [0.3, 0.4) is 0 Å². The maximum absolute atomic E-state index is 12.4. The fourth-order valence-corrected chi connectivity index (χ4v) is 2.17. The van der Waals surface area contributed by atoms with Crippen LogP contribution >= 0.6 is 0 Å². The van der Waals surface area contributed by atoms with Gasteiger partial charge >= 0.3 is 6.18 Å². The Balaban J connectivity index is 1.89. The third-order valence-electron chi connectivity index (χ3n) is 3.47. The lowest BCUT2D eigenvalue weighted by Gasteiger charge is -2.17. The number of benzene rings is 1. The van der Waals surface area contributed by atoms with E-state index < -0.39 is 11.7 Å². The molecule has 0 radical (unpaired) electrons. The maximum Gasteiger partial charge on any atom is 0.416 e. The second-order valence-electron chi connectivity index (χ2n) is 4.98. The second kappa shape index (κ2) is 5.92. The Morgan fingerprint density at radius 3 is 2.53 bits per heavy atom. The van der Waals surface area contributed by atoms with Gasteiger partial charge < -0.3 is 10.1 Å². The minimum atomic E-state index is -4.27. The quantitative estimate of drug-likeness (QED) is 0.908. The maximum atomic E-state index is 12.4. The highest BCUT2D eigenvalue weighted by molar-refractivity contribution is 5.26. The molecule has 1 aliphatic rings. The second-order valence-corrected chi connectivity index (χ2v) is 4.98. The van der Waals surface area contributed by atoms with E-state index in [1.54, 1.807) is 0 Å². The van der Waals surface area contributed by atoms with Crippen LogP contribution in [0.15, 0.2) is 24.3 Å². The molecule has 0 aliphatic carbocycles. The van der Waals surface area contributed by atoms with Crippen LogP contribution < -0.4 is 5.32 Å². The molecule has 2 nitrogen and oxygen atoms in total. The van der Waals surface area contributed by atoms with E-state index in [-0.39, 0.29) is 6.04 Å². The van der Waals surface area contributed by atoms with Gasteiger partial charge in [-0.1, -0.05) is 12.1 Å². The van der Waals surface area contributed by atoms with Gasteiger partial charge in [0.05, 0.1) is 12.2 Å². The SMILES string of the molecule is CC(NCC1CCOC1)c1ccc(C(F)(F)F)cc1. The molecule has 19 heavy (non-hydrogen) atoms. The van der Waals surface area contributed by atoms with E-state index in [9.17, 15) is 13.2 Å². The van der Waals surface area contributed by atoms with Crippen LogP contribution in [0.1, 0.15) is 30.5 Å². The van der Waals surface area contributed by atoms with Crippen molar-refractivity contribution < 1.29 is 17.9 Å². The highest BCUT2D eigenvalue weighted by atomic mass is 19.4. The summed E-state index contributed by atoms with van der Waals surface area (Å²) in [5.41, 5.74) is 0.263. The number of rotatable bonds is 4. The van der Waals surface area contributed by atoms with Crippen LogP contribution in [0.2, 0.25) is 0 Å². The minimum Gasteiger partial charge on any atom is -0.381 e. The van der Waals surface area contributed by atoms with Gasteiger partial charge in [0.15, 0.2) is 0 Å². The third kappa shape index (κ3) is 3.94. The lowest BCUT2D eigenvalue weighted by atomic mass is 10.0. The van der Waals surface area contributed by atoms with Crippen molar-refractivity contribution in [2.24, 2.45) is 5.92 Å². The summed E-state index contributed by atoms with van der Waals surface area (Å²) in [5.74, 6) is 0.511. The topological polar surface area (TPSA) is 21.3 Å². The summed E-state index contributed by atoms with van der Waals surface area (Å²) in [7, 11) is 0. The molecule has 0 bridgehead atoms. The summed E-state index contributed by atoms with van der Waals surface area (Å²) in [5, 5.41) is 3.34. The molecule has 5 heteroatoms. The fourth-order valence-electron chi connectivity index (χ4n) is 2.17. The molecule has 0 spiro atoms. The number of hydrogen-bond acceptors (Lipinski definition) is 2. The molecule has 1 N–H and O–H groups in total. The third-order valence-corrected chi connectivity index (χ3v) is 3.47. The van der Waals surface area contributed by atoms with Gasteiger partial charge in [0.25, 0.3) is 0 Å². The number of nitrogens with one attached hydrogen (secondary N) is 1. The highest BCUT2D eigenvalue weighted by Crippen LogP contribution is 2.29. The molecule has 1 fully saturated rings. The van der Waals surface area contributed by atoms with Gasteiger partial charge in [-0.05, 0) is 37.0 Å².